The van der Waals surface area contributed by atoms with Gasteiger partial charge in [0, 0.05) is 19.8 Å². The molecular formula is C18H18I4. The van der Waals surface area contributed by atoms with Crippen LogP contribution in [0.25, 0.3) is 11.1 Å². The van der Waals surface area contributed by atoms with Crippen molar-refractivity contribution in [1.29, 1.82) is 0 Å². The van der Waals surface area contributed by atoms with E-state index in [1.54, 1.807) is 0 Å². The molecular weight excluding hydrogens is 724 g/mol. The molecule has 0 heterocycles. The van der Waals surface area contributed by atoms with E-state index in [0.717, 1.165) is 0 Å². The Labute approximate surface area is 188 Å². The summed E-state index contributed by atoms with van der Waals surface area (Å²) in [4.78, 5) is 0. The summed E-state index contributed by atoms with van der Waals surface area (Å²) in [6, 6.07) is 0. The minimum Gasteiger partial charge on any atom is -0.0447 e. The molecule has 0 amide bonds. The Morgan fingerprint density at radius 1 is 0.364 bits per heavy atom. The summed E-state index contributed by atoms with van der Waals surface area (Å²) >= 11 is 9.99. The van der Waals surface area contributed by atoms with Gasteiger partial charge in [-0.3, -0.25) is 0 Å². The van der Waals surface area contributed by atoms with Crippen LogP contribution in [-0.2, 0) is 0 Å². The van der Waals surface area contributed by atoms with Crippen molar-refractivity contribution < 1.29 is 0 Å². The van der Waals surface area contributed by atoms with Gasteiger partial charge in [-0.2, -0.15) is 0 Å². The third kappa shape index (κ3) is 3.11. The smallest absolute Gasteiger partial charge is 0.0414 e. The lowest BCUT2D eigenvalue weighted by Crippen LogP contribution is -2.05. The van der Waals surface area contributed by atoms with E-state index in [-0.39, 0.29) is 0 Å². The first-order chi connectivity index (χ1) is 10.1. The molecule has 0 atom stereocenters. The Morgan fingerprint density at radius 3 is 1.18 bits per heavy atom. The van der Waals surface area contributed by atoms with E-state index in [1.165, 1.54) is 58.8 Å². The van der Waals surface area contributed by atoms with Crippen molar-refractivity contribution in [3.63, 3.8) is 0 Å². The lowest BCUT2D eigenvalue weighted by atomic mass is 9.85. The second-order valence-corrected chi connectivity index (χ2v) is 10.1. The van der Waals surface area contributed by atoms with Crippen LogP contribution in [0.5, 0.6) is 0 Å². The predicted octanol–water partition coefficient (Wildman–Crippen LogP) is 7.62. The zero-order chi connectivity index (χ0) is 16.9. The molecule has 0 saturated heterocycles. The Morgan fingerprint density at radius 2 is 0.727 bits per heavy atom. The maximum Gasteiger partial charge on any atom is 0.0414 e. The fraction of sp³-hybridized carbons (Fsp3) is 0.333. The molecule has 118 valence electrons. The summed E-state index contributed by atoms with van der Waals surface area (Å²) in [7, 11) is 0. The number of benzene rings is 2. The van der Waals surface area contributed by atoms with Gasteiger partial charge in [-0.25, -0.2) is 0 Å². The molecule has 0 aliphatic rings. The maximum atomic E-state index is 2.53. The molecule has 0 aliphatic heterocycles. The van der Waals surface area contributed by atoms with Crippen LogP contribution < -0.4 is 0 Å². The molecule has 0 saturated carbocycles. The van der Waals surface area contributed by atoms with Crippen molar-refractivity contribution in [1.82, 2.24) is 0 Å². The topological polar surface area (TPSA) is 0 Å². The van der Waals surface area contributed by atoms with Crippen LogP contribution in [0.1, 0.15) is 33.4 Å². The molecule has 0 N–H and O–H groups in total. The average Bonchev–Trinajstić information content (AvgIpc) is 2.50. The molecule has 2 rings (SSSR count). The van der Waals surface area contributed by atoms with Gasteiger partial charge in [-0.05, 0) is 171 Å². The quantitative estimate of drug-likeness (QED) is 0.160. The Balaban J connectivity index is 3.03. The highest BCUT2D eigenvalue weighted by Gasteiger charge is 2.22. The molecule has 2 aromatic carbocycles. The van der Waals surface area contributed by atoms with Crippen molar-refractivity contribution in [2.24, 2.45) is 0 Å². The number of hydrogen-bond acceptors (Lipinski definition) is 0. The molecule has 0 bridgehead atoms. The zero-order valence-electron chi connectivity index (χ0n) is 13.5. The molecule has 0 radical (unpaired) electrons. The van der Waals surface area contributed by atoms with Crippen LogP contribution in [0.2, 0.25) is 0 Å². The highest BCUT2D eigenvalue weighted by Crippen LogP contribution is 2.42. The summed E-state index contributed by atoms with van der Waals surface area (Å²) in [5, 5.41) is 0. The van der Waals surface area contributed by atoms with E-state index in [4.69, 9.17) is 0 Å². The van der Waals surface area contributed by atoms with Crippen molar-refractivity contribution in [2.75, 3.05) is 0 Å². The Kier molecular flexibility index (Phi) is 6.54. The van der Waals surface area contributed by atoms with Gasteiger partial charge in [0.1, 0.15) is 0 Å². The number of halogens is 4. The highest BCUT2D eigenvalue weighted by atomic mass is 127. The average molecular weight is 742 g/mol. The standard InChI is InChI=1S/C18H18I4/c1-7-8(2)10(4)13(11(5)9(7)3)14-12(6)15(19)17(21)18(22)16(14)20/h1-6H3. The van der Waals surface area contributed by atoms with Crippen LogP contribution in [0, 0.1) is 55.8 Å². The molecule has 0 aliphatic carbocycles. The maximum absolute atomic E-state index is 2.53. The van der Waals surface area contributed by atoms with Crippen LogP contribution in [0.3, 0.4) is 0 Å². The van der Waals surface area contributed by atoms with E-state index in [2.05, 4.69) is 132 Å². The van der Waals surface area contributed by atoms with E-state index in [1.807, 2.05) is 0 Å². The van der Waals surface area contributed by atoms with Gasteiger partial charge in [0.2, 0.25) is 0 Å². The van der Waals surface area contributed by atoms with Gasteiger partial charge in [-0.15, -0.1) is 0 Å². The third-order valence-electron chi connectivity index (χ3n) is 4.75. The van der Waals surface area contributed by atoms with Gasteiger partial charge < -0.3 is 0 Å². The highest BCUT2D eigenvalue weighted by molar-refractivity contribution is 14.1. The predicted molar refractivity (Wildman–Crippen MR) is 131 cm³/mol. The fourth-order valence-electron chi connectivity index (χ4n) is 2.91. The lowest BCUT2D eigenvalue weighted by molar-refractivity contribution is 1.17. The van der Waals surface area contributed by atoms with Gasteiger partial charge in [0.25, 0.3) is 0 Å². The molecule has 0 spiro atoms. The molecule has 0 fully saturated rings. The Bertz CT molecular complexity index is 663. The SMILES string of the molecule is Cc1c(C)c(C)c(-c2c(C)c(I)c(I)c(I)c2I)c(C)c1C. The molecule has 0 aromatic heterocycles. The molecule has 0 nitrogen and oxygen atoms in total. The summed E-state index contributed by atoms with van der Waals surface area (Å²) in [6.07, 6.45) is 0. The minimum absolute atomic E-state index is 1.37. The van der Waals surface area contributed by atoms with Crippen LogP contribution >= 0.6 is 90.4 Å². The van der Waals surface area contributed by atoms with Crippen molar-refractivity contribution in [3.8, 4) is 11.1 Å². The lowest BCUT2D eigenvalue weighted by Gasteiger charge is -2.23. The number of rotatable bonds is 1. The summed E-state index contributed by atoms with van der Waals surface area (Å²) < 4.78 is 5.51. The first-order valence-corrected chi connectivity index (χ1v) is 11.3. The van der Waals surface area contributed by atoms with E-state index in [9.17, 15) is 0 Å². The van der Waals surface area contributed by atoms with Crippen molar-refractivity contribution in [2.45, 2.75) is 41.5 Å². The molecule has 4 heteroatoms. The molecule has 2 aromatic rings. The fourth-order valence-corrected chi connectivity index (χ4v) is 6.64. The van der Waals surface area contributed by atoms with Gasteiger partial charge in [-0.1, -0.05) is 0 Å². The Hall–Kier alpha value is 1.36. The van der Waals surface area contributed by atoms with E-state index >= 15 is 0 Å². The molecule has 0 unspecified atom stereocenters. The second kappa shape index (κ2) is 7.31. The largest absolute Gasteiger partial charge is 0.0447 e. The monoisotopic (exact) mass is 742 g/mol. The first kappa shape index (κ1) is 19.7. The van der Waals surface area contributed by atoms with Gasteiger partial charge >= 0.3 is 0 Å². The van der Waals surface area contributed by atoms with Crippen LogP contribution in [-0.4, -0.2) is 0 Å². The summed E-state index contributed by atoms with van der Waals surface area (Å²) in [6.45, 7) is 13.6. The molecule has 22 heavy (non-hydrogen) atoms. The first-order valence-electron chi connectivity index (χ1n) is 7.01. The van der Waals surface area contributed by atoms with Crippen molar-refractivity contribution >= 4 is 90.4 Å². The van der Waals surface area contributed by atoms with Gasteiger partial charge in [0.05, 0.1) is 0 Å². The van der Waals surface area contributed by atoms with Gasteiger partial charge in [0.15, 0.2) is 0 Å². The summed E-state index contributed by atoms with van der Waals surface area (Å²) in [5.74, 6) is 0. The van der Waals surface area contributed by atoms with E-state index in [0.29, 0.717) is 0 Å². The van der Waals surface area contributed by atoms with Crippen LogP contribution in [0.15, 0.2) is 0 Å². The van der Waals surface area contributed by atoms with Crippen molar-refractivity contribution in [3.05, 3.63) is 47.7 Å². The minimum atomic E-state index is 1.37. The zero-order valence-corrected chi connectivity index (χ0v) is 22.1. The summed E-state index contributed by atoms with van der Waals surface area (Å²) in [5.41, 5.74) is 11.4. The van der Waals surface area contributed by atoms with Crippen LogP contribution in [0.4, 0.5) is 0 Å². The normalized spacial score (nSPS) is 11.2. The van der Waals surface area contributed by atoms with E-state index < -0.39 is 0 Å². The second-order valence-electron chi connectivity index (χ2n) is 5.76. The number of hydrogen-bond donors (Lipinski definition) is 0. The third-order valence-corrected chi connectivity index (χ3v) is 12.4.